The van der Waals surface area contributed by atoms with Gasteiger partial charge in [0, 0.05) is 40.6 Å². The molecule has 3 rings (SSSR count). The van der Waals surface area contributed by atoms with Crippen molar-refractivity contribution in [3.63, 3.8) is 0 Å². The molecule has 28 heavy (non-hydrogen) atoms. The molecular weight excluding hydrogens is 358 g/mol. The second kappa shape index (κ2) is 7.34. The molecular formula is C21H23N3O4. The minimum absolute atomic E-state index is 0.138. The van der Waals surface area contributed by atoms with E-state index in [2.05, 4.69) is 10.3 Å². The molecule has 0 bridgehead atoms. The van der Waals surface area contributed by atoms with Gasteiger partial charge in [-0.3, -0.25) is 14.2 Å². The molecule has 2 heterocycles. The lowest BCUT2D eigenvalue weighted by Gasteiger charge is -2.19. The zero-order valence-corrected chi connectivity index (χ0v) is 16.3. The summed E-state index contributed by atoms with van der Waals surface area (Å²) in [6.45, 7) is 7.37. The molecule has 0 atom stereocenters. The van der Waals surface area contributed by atoms with Crippen LogP contribution < -0.4 is 16.3 Å². The highest BCUT2D eigenvalue weighted by molar-refractivity contribution is 5.81. The zero-order chi connectivity index (χ0) is 20.5. The van der Waals surface area contributed by atoms with Gasteiger partial charge in [-0.1, -0.05) is 6.07 Å². The van der Waals surface area contributed by atoms with Crippen LogP contribution in [0.1, 0.15) is 32.0 Å². The van der Waals surface area contributed by atoms with Crippen molar-refractivity contribution in [2.75, 3.05) is 0 Å². The summed E-state index contributed by atoms with van der Waals surface area (Å²) < 4.78 is 6.69. The molecule has 0 fully saturated rings. The quantitative estimate of drug-likeness (QED) is 0.729. The lowest BCUT2D eigenvalue weighted by Crippen LogP contribution is -2.32. The van der Waals surface area contributed by atoms with Gasteiger partial charge in [0.1, 0.15) is 5.60 Å². The van der Waals surface area contributed by atoms with E-state index in [1.807, 2.05) is 6.92 Å². The Balaban J connectivity index is 1.89. The van der Waals surface area contributed by atoms with Crippen molar-refractivity contribution >= 4 is 17.0 Å². The Morgan fingerprint density at radius 2 is 1.89 bits per heavy atom. The number of hydrogen-bond donors (Lipinski definition) is 2. The number of carbonyl (C=O) groups excluding carboxylic acids is 1. The summed E-state index contributed by atoms with van der Waals surface area (Å²) in [6.07, 6.45) is 1.18. The number of fused-ring (bicyclic) bond motifs is 1. The summed E-state index contributed by atoms with van der Waals surface area (Å²) in [5.74, 6) is 0. The van der Waals surface area contributed by atoms with Gasteiger partial charge in [-0.2, -0.15) is 0 Å². The largest absolute Gasteiger partial charge is 0.444 e. The first-order valence-electron chi connectivity index (χ1n) is 8.95. The maximum atomic E-state index is 12.6. The van der Waals surface area contributed by atoms with E-state index < -0.39 is 11.7 Å². The van der Waals surface area contributed by atoms with Gasteiger partial charge in [-0.25, -0.2) is 4.79 Å². The average molecular weight is 381 g/mol. The standard InChI is InChI=1S/C21H23N3O4/c1-13-5-8-19(26)24(12-13)15-6-7-17-16(10-15)18(25)9-14(23-17)11-22-20(27)28-21(2,3)4/h5-10,12H,11H2,1-4H3,(H,22,27)(H,23,25). The number of aromatic amines is 1. The van der Waals surface area contributed by atoms with Gasteiger partial charge in [-0.05, 0) is 51.5 Å². The average Bonchev–Trinajstić information content (AvgIpc) is 2.60. The Kier molecular flexibility index (Phi) is 5.09. The number of hydrogen-bond acceptors (Lipinski definition) is 4. The van der Waals surface area contributed by atoms with Crippen molar-refractivity contribution in [1.29, 1.82) is 0 Å². The third kappa shape index (κ3) is 4.49. The smallest absolute Gasteiger partial charge is 0.407 e. The summed E-state index contributed by atoms with van der Waals surface area (Å²) in [7, 11) is 0. The molecule has 2 N–H and O–H groups in total. The van der Waals surface area contributed by atoms with Crippen LogP contribution >= 0.6 is 0 Å². The number of aromatic nitrogens is 2. The molecule has 146 valence electrons. The Labute approximate surface area is 162 Å². The first-order valence-corrected chi connectivity index (χ1v) is 8.95. The minimum Gasteiger partial charge on any atom is -0.444 e. The first-order chi connectivity index (χ1) is 13.1. The van der Waals surface area contributed by atoms with Crippen LogP contribution in [0.4, 0.5) is 4.79 Å². The van der Waals surface area contributed by atoms with E-state index in [9.17, 15) is 14.4 Å². The normalized spacial score (nSPS) is 11.4. The highest BCUT2D eigenvalue weighted by Gasteiger charge is 2.16. The van der Waals surface area contributed by atoms with Crippen LogP contribution in [0.3, 0.4) is 0 Å². The summed E-state index contributed by atoms with van der Waals surface area (Å²) in [4.78, 5) is 39.6. The SMILES string of the molecule is Cc1ccc(=O)n(-c2ccc3[nH]c(CNC(=O)OC(C)(C)C)cc(=O)c3c2)c1. The first kappa shape index (κ1) is 19.4. The molecule has 2 aromatic heterocycles. The van der Waals surface area contributed by atoms with Gasteiger partial charge < -0.3 is 15.0 Å². The highest BCUT2D eigenvalue weighted by atomic mass is 16.6. The molecule has 0 saturated heterocycles. The van der Waals surface area contributed by atoms with Crippen molar-refractivity contribution < 1.29 is 9.53 Å². The molecule has 1 aromatic carbocycles. The number of carbonyl (C=O) groups is 1. The van der Waals surface area contributed by atoms with E-state index in [1.165, 1.54) is 16.7 Å². The van der Waals surface area contributed by atoms with Gasteiger partial charge in [-0.15, -0.1) is 0 Å². The van der Waals surface area contributed by atoms with Crippen LogP contribution in [0.5, 0.6) is 0 Å². The number of nitrogens with zero attached hydrogens (tertiary/aromatic N) is 1. The maximum absolute atomic E-state index is 12.6. The van der Waals surface area contributed by atoms with Crippen LogP contribution in [0, 0.1) is 6.92 Å². The lowest BCUT2D eigenvalue weighted by molar-refractivity contribution is 0.0523. The van der Waals surface area contributed by atoms with Crippen LogP contribution in [0.25, 0.3) is 16.6 Å². The summed E-state index contributed by atoms with van der Waals surface area (Å²) in [5.41, 5.74) is 1.78. The summed E-state index contributed by atoms with van der Waals surface area (Å²) in [5, 5.41) is 3.09. The minimum atomic E-state index is -0.592. The van der Waals surface area contributed by atoms with Gasteiger partial charge in [0.15, 0.2) is 5.43 Å². The number of amides is 1. The van der Waals surface area contributed by atoms with E-state index in [1.54, 1.807) is 51.2 Å². The van der Waals surface area contributed by atoms with E-state index in [4.69, 9.17) is 4.74 Å². The Bertz CT molecular complexity index is 1150. The molecule has 7 heteroatoms. The lowest BCUT2D eigenvalue weighted by atomic mass is 10.1. The molecule has 1 amide bonds. The van der Waals surface area contributed by atoms with Crippen molar-refractivity contribution in [2.45, 2.75) is 39.8 Å². The van der Waals surface area contributed by atoms with Crippen molar-refractivity contribution in [2.24, 2.45) is 0 Å². The molecule has 0 aliphatic rings. The van der Waals surface area contributed by atoms with Crippen molar-refractivity contribution in [3.8, 4) is 5.69 Å². The van der Waals surface area contributed by atoms with Crippen LogP contribution in [-0.4, -0.2) is 21.2 Å². The Hall–Kier alpha value is -3.35. The van der Waals surface area contributed by atoms with E-state index in [0.29, 0.717) is 22.3 Å². The predicted octanol–water partition coefficient (Wildman–Crippen LogP) is 3.01. The number of pyridine rings is 2. The van der Waals surface area contributed by atoms with Gasteiger partial charge in [0.2, 0.25) is 0 Å². The highest BCUT2D eigenvalue weighted by Crippen LogP contribution is 2.14. The number of benzene rings is 1. The van der Waals surface area contributed by atoms with Gasteiger partial charge in [0.05, 0.1) is 6.54 Å². The second-order valence-corrected chi connectivity index (χ2v) is 7.66. The van der Waals surface area contributed by atoms with Crippen LogP contribution in [0.2, 0.25) is 0 Å². The third-order valence-electron chi connectivity index (χ3n) is 4.03. The van der Waals surface area contributed by atoms with Gasteiger partial charge in [0.25, 0.3) is 5.56 Å². The van der Waals surface area contributed by atoms with Crippen LogP contribution in [0.15, 0.2) is 52.2 Å². The Morgan fingerprint density at radius 3 is 2.61 bits per heavy atom. The number of ether oxygens (including phenoxy) is 1. The monoisotopic (exact) mass is 381 g/mol. The topological polar surface area (TPSA) is 93.2 Å². The number of rotatable bonds is 3. The van der Waals surface area contributed by atoms with Crippen molar-refractivity contribution in [1.82, 2.24) is 14.9 Å². The Morgan fingerprint density at radius 1 is 1.14 bits per heavy atom. The number of alkyl carbamates (subject to hydrolysis) is 1. The summed E-state index contributed by atoms with van der Waals surface area (Å²) in [6, 6.07) is 9.87. The fraction of sp³-hybridized carbons (Fsp3) is 0.286. The fourth-order valence-electron chi connectivity index (χ4n) is 2.81. The van der Waals surface area contributed by atoms with E-state index in [0.717, 1.165) is 5.56 Å². The second-order valence-electron chi connectivity index (χ2n) is 7.66. The molecule has 3 aromatic rings. The molecule has 0 unspecified atom stereocenters. The third-order valence-corrected chi connectivity index (χ3v) is 4.03. The summed E-state index contributed by atoms with van der Waals surface area (Å²) >= 11 is 0. The molecule has 0 radical (unpaired) electrons. The van der Waals surface area contributed by atoms with Crippen LogP contribution in [-0.2, 0) is 11.3 Å². The number of H-pyrrole nitrogens is 1. The molecule has 7 nitrogen and oxygen atoms in total. The van der Waals surface area contributed by atoms with E-state index >= 15 is 0 Å². The number of aryl methyl sites for hydroxylation is 1. The zero-order valence-electron chi connectivity index (χ0n) is 16.3. The van der Waals surface area contributed by atoms with E-state index in [-0.39, 0.29) is 17.5 Å². The molecule has 0 aliphatic carbocycles. The molecule has 0 spiro atoms. The molecule has 0 aliphatic heterocycles. The van der Waals surface area contributed by atoms with Gasteiger partial charge >= 0.3 is 6.09 Å². The predicted molar refractivity (Wildman–Crippen MR) is 108 cm³/mol. The fourth-order valence-corrected chi connectivity index (χ4v) is 2.81. The number of nitrogens with one attached hydrogen (secondary N) is 2. The molecule has 0 saturated carbocycles. The maximum Gasteiger partial charge on any atom is 0.407 e. The van der Waals surface area contributed by atoms with Crippen molar-refractivity contribution in [3.05, 3.63) is 74.4 Å².